The first-order valence-corrected chi connectivity index (χ1v) is 2.67. The summed E-state index contributed by atoms with van der Waals surface area (Å²) in [5.41, 5.74) is 0. The average Bonchev–Trinajstić information content (AvgIpc) is 2.11. The van der Waals surface area contributed by atoms with Crippen LogP contribution in [0.1, 0.15) is 5.89 Å². The summed E-state index contributed by atoms with van der Waals surface area (Å²) in [6.07, 6.45) is -3.62. The maximum Gasteiger partial charge on any atom is 0.468 e. The minimum absolute atomic E-state index is 0.146. The topological polar surface area (TPSA) is 26.0 Å². The molecule has 2 nitrogen and oxygen atoms in total. The molecule has 0 bridgehead atoms. The molecule has 0 radical (unpaired) electrons. The number of halogens is 3. The number of oxazole rings is 1. The predicted octanol–water partition coefficient (Wildman–Crippen LogP) is 1.98. The molecule has 0 N–H and O–H groups in total. The zero-order valence-electron chi connectivity index (χ0n) is 4.51. The summed E-state index contributed by atoms with van der Waals surface area (Å²) in [5.74, 6) is -1.27. The minimum Gasteiger partial charge on any atom is -0.427 e. The molecule has 0 atom stereocenters. The van der Waals surface area contributed by atoms with Gasteiger partial charge in [0.15, 0.2) is 5.09 Å². The summed E-state index contributed by atoms with van der Waals surface area (Å²) in [4.78, 5) is 2.92. The van der Waals surface area contributed by atoms with Gasteiger partial charge < -0.3 is 4.42 Å². The summed E-state index contributed by atoms with van der Waals surface area (Å²) in [5, 5.41) is -0.146. The van der Waals surface area contributed by atoms with Crippen LogP contribution in [0.5, 0.6) is 0 Å². The van der Waals surface area contributed by atoms with Gasteiger partial charge in [-0.25, -0.2) is 4.98 Å². The molecular formula is C4H2F3NOS. The second-order valence-corrected chi connectivity index (χ2v) is 1.94. The maximum absolute atomic E-state index is 11.6. The average molecular weight is 169 g/mol. The molecule has 0 aliphatic heterocycles. The van der Waals surface area contributed by atoms with Crippen LogP contribution >= 0.6 is 12.6 Å². The number of hydrogen-bond donors (Lipinski definition) is 1. The lowest BCUT2D eigenvalue weighted by Crippen LogP contribution is -2.04. The summed E-state index contributed by atoms with van der Waals surface area (Å²) >= 11 is 3.51. The van der Waals surface area contributed by atoms with Gasteiger partial charge in [0.25, 0.3) is 0 Å². The van der Waals surface area contributed by atoms with Gasteiger partial charge in [-0.1, -0.05) is 0 Å². The van der Waals surface area contributed by atoms with E-state index in [0.717, 1.165) is 6.20 Å². The Kier molecular flexibility index (Phi) is 1.63. The van der Waals surface area contributed by atoms with Crippen LogP contribution < -0.4 is 0 Å². The van der Waals surface area contributed by atoms with Crippen molar-refractivity contribution < 1.29 is 17.6 Å². The van der Waals surface area contributed by atoms with Gasteiger partial charge in [-0.2, -0.15) is 13.2 Å². The second kappa shape index (κ2) is 2.19. The van der Waals surface area contributed by atoms with E-state index in [1.807, 2.05) is 0 Å². The molecule has 0 unspecified atom stereocenters. The Hall–Kier alpha value is -0.650. The van der Waals surface area contributed by atoms with E-state index in [1.165, 1.54) is 0 Å². The molecule has 6 heteroatoms. The largest absolute Gasteiger partial charge is 0.468 e. The fourth-order valence-electron chi connectivity index (χ4n) is 0.397. The molecule has 0 fully saturated rings. The maximum atomic E-state index is 11.6. The Morgan fingerprint density at radius 2 is 2.10 bits per heavy atom. The van der Waals surface area contributed by atoms with Gasteiger partial charge in [-0.05, 0) is 0 Å². The zero-order valence-corrected chi connectivity index (χ0v) is 5.41. The highest BCUT2D eigenvalue weighted by Crippen LogP contribution is 2.28. The molecule has 1 aromatic heterocycles. The van der Waals surface area contributed by atoms with Gasteiger partial charge in [-0.15, -0.1) is 12.6 Å². The quantitative estimate of drug-likeness (QED) is 0.601. The van der Waals surface area contributed by atoms with Crippen LogP contribution in [0.3, 0.4) is 0 Å². The van der Waals surface area contributed by atoms with Gasteiger partial charge in [0.2, 0.25) is 0 Å². The van der Waals surface area contributed by atoms with Gasteiger partial charge in [0.05, 0.1) is 6.20 Å². The molecule has 0 amide bonds. The van der Waals surface area contributed by atoms with E-state index in [4.69, 9.17) is 0 Å². The normalized spacial score (nSPS) is 12.0. The van der Waals surface area contributed by atoms with Crippen LogP contribution in [0.25, 0.3) is 0 Å². The highest BCUT2D eigenvalue weighted by Gasteiger charge is 2.36. The molecule has 0 saturated heterocycles. The first-order valence-electron chi connectivity index (χ1n) is 2.22. The molecule has 1 heterocycles. The van der Waals surface area contributed by atoms with Crippen molar-refractivity contribution in [3.63, 3.8) is 0 Å². The zero-order chi connectivity index (χ0) is 7.78. The van der Waals surface area contributed by atoms with E-state index in [0.29, 0.717) is 0 Å². The molecule has 1 rings (SSSR count). The van der Waals surface area contributed by atoms with Gasteiger partial charge in [0, 0.05) is 0 Å². The van der Waals surface area contributed by atoms with Crippen LogP contribution in [0.15, 0.2) is 15.7 Å². The summed E-state index contributed by atoms with van der Waals surface area (Å²) in [7, 11) is 0. The molecule has 0 aromatic carbocycles. The Labute approximate surface area is 59.5 Å². The monoisotopic (exact) mass is 169 g/mol. The van der Waals surface area contributed by atoms with E-state index >= 15 is 0 Å². The van der Waals surface area contributed by atoms with Gasteiger partial charge in [-0.3, -0.25) is 0 Å². The highest BCUT2D eigenvalue weighted by molar-refractivity contribution is 7.80. The standard InChI is InChI=1S/C4H2F3NOS/c5-4(6,7)3-8-1-2(10)9-3/h1,10H. The first-order chi connectivity index (χ1) is 4.50. The Bertz CT molecular complexity index is 231. The smallest absolute Gasteiger partial charge is 0.427 e. The number of aromatic nitrogens is 1. The van der Waals surface area contributed by atoms with Crippen molar-refractivity contribution in [2.75, 3.05) is 0 Å². The van der Waals surface area contributed by atoms with E-state index in [2.05, 4.69) is 22.0 Å². The fourth-order valence-corrected chi connectivity index (χ4v) is 0.541. The Balaban J connectivity index is 2.96. The number of hydrogen-bond acceptors (Lipinski definition) is 3. The summed E-state index contributed by atoms with van der Waals surface area (Å²) < 4.78 is 38.9. The third kappa shape index (κ3) is 1.44. The van der Waals surface area contributed by atoms with Crippen molar-refractivity contribution in [3.05, 3.63) is 12.1 Å². The molecule has 56 valence electrons. The summed E-state index contributed by atoms with van der Waals surface area (Å²) in [6.45, 7) is 0. The minimum atomic E-state index is -4.51. The van der Waals surface area contributed by atoms with Crippen LogP contribution in [-0.4, -0.2) is 4.98 Å². The third-order valence-electron chi connectivity index (χ3n) is 0.736. The van der Waals surface area contributed by atoms with E-state index in [-0.39, 0.29) is 5.09 Å². The Morgan fingerprint density at radius 1 is 1.50 bits per heavy atom. The molecule has 0 saturated carbocycles. The number of rotatable bonds is 0. The van der Waals surface area contributed by atoms with Crippen molar-refractivity contribution in [3.8, 4) is 0 Å². The van der Waals surface area contributed by atoms with Crippen LogP contribution in [0, 0.1) is 0 Å². The number of alkyl halides is 3. The molecule has 0 aliphatic rings. The lowest BCUT2D eigenvalue weighted by Gasteiger charge is -1.97. The van der Waals surface area contributed by atoms with Crippen molar-refractivity contribution in [1.82, 2.24) is 4.98 Å². The Morgan fingerprint density at radius 3 is 2.30 bits per heavy atom. The van der Waals surface area contributed by atoms with Crippen LogP contribution in [0.4, 0.5) is 13.2 Å². The van der Waals surface area contributed by atoms with Crippen LogP contribution in [0.2, 0.25) is 0 Å². The van der Waals surface area contributed by atoms with Gasteiger partial charge in [0.1, 0.15) is 0 Å². The number of thiol groups is 1. The molecular weight excluding hydrogens is 167 g/mol. The second-order valence-electron chi connectivity index (χ2n) is 1.50. The van der Waals surface area contributed by atoms with Crippen LogP contribution in [-0.2, 0) is 6.18 Å². The van der Waals surface area contributed by atoms with E-state index in [9.17, 15) is 13.2 Å². The van der Waals surface area contributed by atoms with E-state index < -0.39 is 12.1 Å². The summed E-state index contributed by atoms with van der Waals surface area (Å²) in [6, 6.07) is 0. The lowest BCUT2D eigenvalue weighted by atomic mass is 10.7. The van der Waals surface area contributed by atoms with Crippen molar-refractivity contribution in [1.29, 1.82) is 0 Å². The van der Waals surface area contributed by atoms with Crippen molar-refractivity contribution >= 4 is 12.6 Å². The molecule has 1 aromatic rings. The molecule has 0 spiro atoms. The predicted molar refractivity (Wildman–Crippen MR) is 28.8 cm³/mol. The van der Waals surface area contributed by atoms with Gasteiger partial charge >= 0.3 is 12.1 Å². The van der Waals surface area contributed by atoms with Crippen molar-refractivity contribution in [2.24, 2.45) is 0 Å². The van der Waals surface area contributed by atoms with Crippen molar-refractivity contribution in [2.45, 2.75) is 11.3 Å². The lowest BCUT2D eigenvalue weighted by molar-refractivity contribution is -0.158. The number of nitrogens with zero attached hydrogens (tertiary/aromatic N) is 1. The highest BCUT2D eigenvalue weighted by atomic mass is 32.1. The fraction of sp³-hybridized carbons (Fsp3) is 0.250. The molecule has 10 heavy (non-hydrogen) atoms. The third-order valence-corrected chi connectivity index (χ3v) is 0.943. The molecule has 0 aliphatic carbocycles. The van der Waals surface area contributed by atoms with E-state index in [1.54, 1.807) is 0 Å². The SMILES string of the molecule is FC(F)(F)c1ncc(S)o1. The first kappa shape index (κ1) is 7.46.